The molecule has 0 bridgehead atoms. The lowest BCUT2D eigenvalue weighted by Gasteiger charge is -2.24. The van der Waals surface area contributed by atoms with E-state index in [9.17, 15) is 0 Å². The number of aryl methyl sites for hydroxylation is 1. The molecule has 1 aromatic rings. The maximum absolute atomic E-state index is 4.41. The largest absolute Gasteiger partial charge is 0.353 e. The topological polar surface area (TPSA) is 49.3 Å². The van der Waals surface area contributed by atoms with Gasteiger partial charge in [0.25, 0.3) is 0 Å². The molecule has 0 saturated carbocycles. The van der Waals surface area contributed by atoms with Crippen molar-refractivity contribution in [1.29, 1.82) is 0 Å². The average Bonchev–Trinajstić information content (AvgIpc) is 2.92. The van der Waals surface area contributed by atoms with E-state index in [1.165, 1.54) is 29.2 Å². The van der Waals surface area contributed by atoms with Crippen molar-refractivity contribution >= 4 is 29.1 Å². The Morgan fingerprint density at radius 1 is 1.58 bits per heavy atom. The lowest BCUT2D eigenvalue weighted by Crippen LogP contribution is -2.45. The SMILES string of the molecule is CCc1cnc(CNC(=NC)NC2CCCSC2)s1. The molecule has 0 amide bonds. The van der Waals surface area contributed by atoms with E-state index in [-0.39, 0.29) is 0 Å². The van der Waals surface area contributed by atoms with Crippen LogP contribution in [-0.2, 0) is 13.0 Å². The van der Waals surface area contributed by atoms with Crippen LogP contribution >= 0.6 is 23.1 Å². The Bertz CT molecular complexity index is 411. The van der Waals surface area contributed by atoms with Crippen LogP contribution in [0.2, 0.25) is 0 Å². The number of hydrogen-bond acceptors (Lipinski definition) is 4. The van der Waals surface area contributed by atoms with Crippen LogP contribution in [0.4, 0.5) is 0 Å². The first kappa shape index (κ1) is 14.7. The van der Waals surface area contributed by atoms with Gasteiger partial charge in [0.2, 0.25) is 0 Å². The summed E-state index contributed by atoms with van der Waals surface area (Å²) in [6, 6.07) is 0.549. The second-order valence-corrected chi connectivity index (χ2v) is 6.91. The van der Waals surface area contributed by atoms with Crippen molar-refractivity contribution in [1.82, 2.24) is 15.6 Å². The number of hydrogen-bond donors (Lipinski definition) is 2. The van der Waals surface area contributed by atoms with Crippen molar-refractivity contribution < 1.29 is 0 Å². The Morgan fingerprint density at radius 2 is 2.47 bits per heavy atom. The van der Waals surface area contributed by atoms with Crippen LogP contribution in [-0.4, -0.2) is 35.5 Å². The maximum atomic E-state index is 4.41. The fourth-order valence-corrected chi connectivity index (χ4v) is 3.87. The minimum Gasteiger partial charge on any atom is -0.353 e. The van der Waals surface area contributed by atoms with Crippen molar-refractivity contribution in [3.05, 3.63) is 16.1 Å². The van der Waals surface area contributed by atoms with Gasteiger partial charge in [-0.2, -0.15) is 11.8 Å². The fraction of sp³-hybridized carbons (Fsp3) is 0.692. The standard InChI is InChI=1S/C13H22N4S2/c1-3-11-7-15-12(19-11)8-16-13(14-2)17-10-5-4-6-18-9-10/h7,10H,3-6,8-9H2,1-2H3,(H2,14,16,17). The predicted octanol–water partition coefficient (Wildman–Crippen LogP) is 2.27. The molecule has 1 aliphatic rings. The summed E-state index contributed by atoms with van der Waals surface area (Å²) in [5, 5.41) is 7.96. The Labute approximate surface area is 123 Å². The number of nitrogens with zero attached hydrogens (tertiary/aromatic N) is 2. The highest BCUT2D eigenvalue weighted by Crippen LogP contribution is 2.17. The van der Waals surface area contributed by atoms with E-state index in [1.54, 1.807) is 11.3 Å². The van der Waals surface area contributed by atoms with E-state index < -0.39 is 0 Å². The van der Waals surface area contributed by atoms with Crippen molar-refractivity contribution in [3.63, 3.8) is 0 Å². The maximum Gasteiger partial charge on any atom is 0.191 e. The third-order valence-electron chi connectivity index (χ3n) is 3.08. The summed E-state index contributed by atoms with van der Waals surface area (Å²) < 4.78 is 0. The minimum atomic E-state index is 0.549. The summed E-state index contributed by atoms with van der Waals surface area (Å²) in [7, 11) is 1.82. The van der Waals surface area contributed by atoms with Gasteiger partial charge in [0.1, 0.15) is 5.01 Å². The molecule has 2 rings (SSSR count). The molecule has 0 radical (unpaired) electrons. The van der Waals surface area contributed by atoms with Gasteiger partial charge >= 0.3 is 0 Å². The molecule has 1 unspecified atom stereocenters. The number of guanidine groups is 1. The molecule has 1 atom stereocenters. The van der Waals surface area contributed by atoms with Crippen molar-refractivity contribution in [2.24, 2.45) is 4.99 Å². The normalized spacial score (nSPS) is 20.3. The van der Waals surface area contributed by atoms with Crippen LogP contribution in [0.25, 0.3) is 0 Å². The monoisotopic (exact) mass is 298 g/mol. The summed E-state index contributed by atoms with van der Waals surface area (Å²) in [6.07, 6.45) is 5.57. The van der Waals surface area contributed by atoms with E-state index in [0.29, 0.717) is 6.04 Å². The molecule has 1 aromatic heterocycles. The lowest BCUT2D eigenvalue weighted by molar-refractivity contribution is 0.582. The van der Waals surface area contributed by atoms with Crippen LogP contribution < -0.4 is 10.6 Å². The molecule has 19 heavy (non-hydrogen) atoms. The second kappa shape index (κ2) is 7.75. The third kappa shape index (κ3) is 4.69. The van der Waals surface area contributed by atoms with Crippen LogP contribution in [0.3, 0.4) is 0 Å². The van der Waals surface area contributed by atoms with Crippen molar-refractivity contribution in [2.75, 3.05) is 18.6 Å². The zero-order valence-corrected chi connectivity index (χ0v) is 13.2. The fourth-order valence-electron chi connectivity index (χ4n) is 2.00. The zero-order chi connectivity index (χ0) is 13.5. The predicted molar refractivity (Wildman–Crippen MR) is 85.2 cm³/mol. The van der Waals surface area contributed by atoms with Gasteiger partial charge in [0, 0.05) is 29.9 Å². The molecule has 0 aliphatic carbocycles. The Balaban J connectivity index is 1.78. The molecule has 0 aromatic carbocycles. The van der Waals surface area contributed by atoms with Crippen LogP contribution in [0.15, 0.2) is 11.2 Å². The smallest absolute Gasteiger partial charge is 0.191 e. The molecule has 4 nitrogen and oxygen atoms in total. The van der Waals surface area contributed by atoms with Crippen LogP contribution in [0.1, 0.15) is 29.7 Å². The summed E-state index contributed by atoms with van der Waals surface area (Å²) in [4.78, 5) is 10.0. The molecule has 1 saturated heterocycles. The number of rotatable bonds is 4. The number of nitrogens with one attached hydrogen (secondary N) is 2. The molecule has 2 N–H and O–H groups in total. The van der Waals surface area contributed by atoms with E-state index >= 15 is 0 Å². The quantitative estimate of drug-likeness (QED) is 0.661. The highest BCUT2D eigenvalue weighted by Gasteiger charge is 2.14. The minimum absolute atomic E-state index is 0.549. The van der Waals surface area contributed by atoms with Gasteiger partial charge in [-0.15, -0.1) is 11.3 Å². The molecule has 0 spiro atoms. The van der Waals surface area contributed by atoms with E-state index in [1.807, 2.05) is 25.0 Å². The highest BCUT2D eigenvalue weighted by molar-refractivity contribution is 7.99. The first-order valence-electron chi connectivity index (χ1n) is 6.80. The van der Waals surface area contributed by atoms with Crippen LogP contribution in [0, 0.1) is 0 Å². The number of aliphatic imine (C=N–C) groups is 1. The lowest BCUT2D eigenvalue weighted by atomic mass is 10.2. The summed E-state index contributed by atoms with van der Waals surface area (Å²) in [5.74, 6) is 3.36. The van der Waals surface area contributed by atoms with E-state index in [2.05, 4.69) is 27.5 Å². The average molecular weight is 298 g/mol. The molecule has 6 heteroatoms. The van der Waals surface area contributed by atoms with Gasteiger partial charge < -0.3 is 10.6 Å². The molecule has 1 aliphatic heterocycles. The summed E-state index contributed by atoms with van der Waals surface area (Å²) in [6.45, 7) is 2.91. The first-order chi connectivity index (χ1) is 9.31. The Morgan fingerprint density at radius 3 is 3.11 bits per heavy atom. The van der Waals surface area contributed by atoms with Crippen molar-refractivity contribution in [2.45, 2.75) is 38.8 Å². The molecule has 106 valence electrons. The zero-order valence-electron chi connectivity index (χ0n) is 11.6. The number of thiazole rings is 1. The van der Waals surface area contributed by atoms with E-state index in [0.717, 1.165) is 23.9 Å². The highest BCUT2D eigenvalue weighted by atomic mass is 32.2. The first-order valence-corrected chi connectivity index (χ1v) is 8.77. The van der Waals surface area contributed by atoms with Gasteiger partial charge in [-0.25, -0.2) is 4.98 Å². The summed E-state index contributed by atoms with van der Waals surface area (Å²) >= 11 is 3.79. The molecule has 2 heterocycles. The summed E-state index contributed by atoms with van der Waals surface area (Å²) in [5.41, 5.74) is 0. The van der Waals surface area contributed by atoms with Crippen molar-refractivity contribution in [3.8, 4) is 0 Å². The number of thioether (sulfide) groups is 1. The van der Waals surface area contributed by atoms with E-state index in [4.69, 9.17) is 0 Å². The van der Waals surface area contributed by atoms with Crippen LogP contribution in [0.5, 0.6) is 0 Å². The van der Waals surface area contributed by atoms with Gasteiger partial charge in [-0.1, -0.05) is 6.92 Å². The third-order valence-corrected chi connectivity index (χ3v) is 5.44. The van der Waals surface area contributed by atoms with Gasteiger partial charge in [0.05, 0.1) is 6.54 Å². The van der Waals surface area contributed by atoms with Gasteiger partial charge in [-0.05, 0) is 25.0 Å². The van der Waals surface area contributed by atoms with Gasteiger partial charge in [-0.3, -0.25) is 4.99 Å². The second-order valence-electron chi connectivity index (χ2n) is 4.56. The Hall–Kier alpha value is -0.750. The van der Waals surface area contributed by atoms with Gasteiger partial charge in [0.15, 0.2) is 5.96 Å². The Kier molecular flexibility index (Phi) is 5.97. The molecule has 1 fully saturated rings. The molecular weight excluding hydrogens is 276 g/mol. The number of aromatic nitrogens is 1. The molecular formula is C13H22N4S2.